The summed E-state index contributed by atoms with van der Waals surface area (Å²) in [6.45, 7) is 2.24. The second kappa shape index (κ2) is 11.8. The van der Waals surface area contributed by atoms with E-state index in [1.54, 1.807) is 30.3 Å². The first-order valence-electron chi connectivity index (χ1n) is 13.0. The lowest BCUT2D eigenvalue weighted by Gasteiger charge is -2.26. The van der Waals surface area contributed by atoms with Crippen LogP contribution in [-0.4, -0.2) is 5.97 Å². The van der Waals surface area contributed by atoms with Crippen molar-refractivity contribution in [2.24, 2.45) is 5.73 Å². The van der Waals surface area contributed by atoms with Gasteiger partial charge in [0.2, 0.25) is 5.88 Å². The van der Waals surface area contributed by atoms with Crippen molar-refractivity contribution in [1.82, 2.24) is 0 Å². The molecule has 0 saturated heterocycles. The third kappa shape index (κ3) is 5.75. The number of carbonyl (C=O) groups is 1. The normalized spacial score (nSPS) is 14.2. The Kier molecular flexibility index (Phi) is 7.95. The second-order valence-electron chi connectivity index (χ2n) is 9.85. The Morgan fingerprint density at radius 3 is 2.51 bits per heavy atom. The van der Waals surface area contributed by atoms with E-state index in [9.17, 15) is 10.1 Å². The lowest BCUT2D eigenvalue weighted by Crippen LogP contribution is -2.21. The van der Waals surface area contributed by atoms with Crippen LogP contribution in [0.1, 0.15) is 37.8 Å². The molecule has 1 atom stereocenters. The minimum absolute atomic E-state index is 0.0240. The van der Waals surface area contributed by atoms with Crippen LogP contribution in [0.3, 0.4) is 0 Å². The number of allylic oxidation sites excluding steroid dienone is 1. The summed E-state index contributed by atoms with van der Waals surface area (Å²) in [5, 5.41) is 12.2. The summed E-state index contributed by atoms with van der Waals surface area (Å²) in [6.07, 6.45) is 0. The smallest absolute Gasteiger partial charge is 0.355 e. The van der Waals surface area contributed by atoms with Gasteiger partial charge in [-0.3, -0.25) is 0 Å². The van der Waals surface area contributed by atoms with Gasteiger partial charge < -0.3 is 19.9 Å². The third-order valence-electron chi connectivity index (χ3n) is 6.99. The van der Waals surface area contributed by atoms with Crippen molar-refractivity contribution in [2.75, 3.05) is 0 Å². The number of nitriles is 1. The van der Waals surface area contributed by atoms with E-state index < -0.39 is 11.9 Å². The highest BCUT2D eigenvalue weighted by Gasteiger charge is 2.31. The van der Waals surface area contributed by atoms with Crippen molar-refractivity contribution in [2.45, 2.75) is 19.4 Å². The Morgan fingerprint density at radius 1 is 1.00 bits per heavy atom. The number of rotatable bonds is 6. The average molecular weight is 648 g/mol. The molecule has 43 heavy (non-hydrogen) atoms. The number of halogens is 3. The monoisotopic (exact) mass is 646 g/mol. The molecule has 10 heteroatoms. The van der Waals surface area contributed by atoms with Crippen molar-refractivity contribution >= 4 is 62.2 Å². The molecule has 1 aromatic heterocycles. The van der Waals surface area contributed by atoms with Crippen LogP contribution in [0.4, 0.5) is 0 Å². The van der Waals surface area contributed by atoms with Gasteiger partial charge in [0.1, 0.15) is 40.4 Å². The molecule has 0 fully saturated rings. The Morgan fingerprint density at radius 2 is 1.77 bits per heavy atom. The van der Waals surface area contributed by atoms with Crippen LogP contribution in [0, 0.1) is 18.3 Å². The SMILES string of the molecule is Cc1ccc2c(Cl)c(C(=O)Oc3ccc4c(c3)OC(N)=C(C#N)C4c3ccc(OCc4ccc(Cl)cc4Cl)cc3)sc2c1. The van der Waals surface area contributed by atoms with Crippen LogP contribution in [0.25, 0.3) is 10.1 Å². The summed E-state index contributed by atoms with van der Waals surface area (Å²) in [7, 11) is 0. The molecule has 1 unspecified atom stereocenters. The van der Waals surface area contributed by atoms with Crippen LogP contribution in [0.2, 0.25) is 15.1 Å². The number of carbonyl (C=O) groups excluding carboxylic acids is 1. The standard InChI is InChI=1S/C33H21Cl3N2O4S/c1-17-2-10-24-28(12-17)43-31(30(24)36)33(39)41-22-9-11-23-27(14-22)42-32(38)25(15-37)29(23)18-4-7-21(8-5-18)40-16-19-3-6-20(34)13-26(19)35/h2-14,29H,16,38H2,1H3. The molecule has 0 radical (unpaired) electrons. The fourth-order valence-corrected chi connectivity index (χ4v) is 6.80. The largest absolute Gasteiger partial charge is 0.489 e. The summed E-state index contributed by atoms with van der Waals surface area (Å²) in [5.41, 5.74) is 9.82. The van der Waals surface area contributed by atoms with Crippen molar-refractivity contribution in [3.05, 3.63) is 133 Å². The van der Waals surface area contributed by atoms with Gasteiger partial charge >= 0.3 is 5.97 Å². The molecule has 5 aromatic rings. The van der Waals surface area contributed by atoms with Crippen molar-refractivity contribution in [1.29, 1.82) is 5.26 Å². The van der Waals surface area contributed by atoms with Crippen molar-refractivity contribution < 1.29 is 19.0 Å². The first-order chi connectivity index (χ1) is 20.7. The summed E-state index contributed by atoms with van der Waals surface area (Å²) < 4.78 is 18.3. The molecule has 214 valence electrons. The average Bonchev–Trinajstić information content (AvgIpc) is 3.31. The fraction of sp³-hybridized carbons (Fsp3) is 0.0909. The van der Waals surface area contributed by atoms with Crippen molar-refractivity contribution in [3.8, 4) is 23.3 Å². The van der Waals surface area contributed by atoms with Gasteiger partial charge in [-0.15, -0.1) is 11.3 Å². The van der Waals surface area contributed by atoms with Gasteiger partial charge in [-0.2, -0.15) is 5.26 Å². The highest BCUT2D eigenvalue weighted by Crippen LogP contribution is 2.44. The predicted molar refractivity (Wildman–Crippen MR) is 170 cm³/mol. The maximum Gasteiger partial charge on any atom is 0.355 e. The lowest BCUT2D eigenvalue weighted by atomic mass is 9.83. The minimum Gasteiger partial charge on any atom is -0.489 e. The molecule has 6 rings (SSSR count). The number of thiophene rings is 1. The van der Waals surface area contributed by atoms with Gasteiger partial charge in [-0.25, -0.2) is 4.79 Å². The Hall–Kier alpha value is -4.19. The number of aryl methyl sites for hydroxylation is 1. The molecule has 4 aromatic carbocycles. The number of esters is 1. The maximum absolute atomic E-state index is 13.1. The summed E-state index contributed by atoms with van der Waals surface area (Å²) >= 11 is 20.0. The molecule has 0 spiro atoms. The zero-order valence-electron chi connectivity index (χ0n) is 22.5. The number of fused-ring (bicyclic) bond motifs is 2. The molecule has 0 aliphatic carbocycles. The zero-order valence-corrected chi connectivity index (χ0v) is 25.6. The van der Waals surface area contributed by atoms with E-state index in [0.717, 1.165) is 26.8 Å². The van der Waals surface area contributed by atoms with Crippen LogP contribution < -0.4 is 19.9 Å². The van der Waals surface area contributed by atoms with Gasteiger partial charge in [0.05, 0.1) is 10.9 Å². The predicted octanol–water partition coefficient (Wildman–Crippen LogP) is 9.19. The number of benzene rings is 4. The molecule has 2 N–H and O–H groups in total. The molecular formula is C33H21Cl3N2O4S. The van der Waals surface area contributed by atoms with E-state index in [2.05, 4.69) is 6.07 Å². The van der Waals surface area contributed by atoms with Gasteiger partial charge in [0.15, 0.2) is 0 Å². The van der Waals surface area contributed by atoms with Crippen LogP contribution in [-0.2, 0) is 6.61 Å². The van der Waals surface area contributed by atoms with E-state index >= 15 is 0 Å². The molecule has 0 saturated carbocycles. The number of hydrogen-bond donors (Lipinski definition) is 1. The Balaban J connectivity index is 1.24. The van der Waals surface area contributed by atoms with Gasteiger partial charge in [-0.1, -0.05) is 71.2 Å². The minimum atomic E-state index is -0.576. The Labute approximate surface area is 266 Å². The highest BCUT2D eigenvalue weighted by molar-refractivity contribution is 7.21. The topological polar surface area (TPSA) is 94.6 Å². The number of nitrogens with two attached hydrogens (primary N) is 1. The maximum atomic E-state index is 13.1. The number of hydrogen-bond acceptors (Lipinski definition) is 7. The molecule has 1 aliphatic heterocycles. The molecule has 2 heterocycles. The van der Waals surface area contributed by atoms with Gasteiger partial charge in [-0.05, 0) is 54.4 Å². The Bertz CT molecular complexity index is 1980. The first kappa shape index (κ1) is 28.9. The molecule has 6 nitrogen and oxygen atoms in total. The van der Waals surface area contributed by atoms with E-state index in [1.165, 1.54) is 11.3 Å². The molecule has 0 bridgehead atoms. The highest BCUT2D eigenvalue weighted by atomic mass is 35.5. The molecule has 1 aliphatic rings. The summed E-state index contributed by atoms with van der Waals surface area (Å²) in [4.78, 5) is 13.4. The molecular weight excluding hydrogens is 627 g/mol. The van der Waals surface area contributed by atoms with Crippen LogP contribution in [0.15, 0.2) is 90.3 Å². The third-order valence-corrected chi connectivity index (χ3v) is 9.22. The fourth-order valence-electron chi connectivity index (χ4n) is 4.86. The molecule has 0 amide bonds. The zero-order chi connectivity index (χ0) is 30.2. The van der Waals surface area contributed by atoms with E-state index in [1.807, 2.05) is 55.5 Å². The number of ether oxygens (including phenoxy) is 3. The first-order valence-corrected chi connectivity index (χ1v) is 15.0. The van der Waals surface area contributed by atoms with Gasteiger partial charge in [0.25, 0.3) is 0 Å². The van der Waals surface area contributed by atoms with E-state index in [0.29, 0.717) is 37.0 Å². The lowest BCUT2D eigenvalue weighted by molar-refractivity contribution is 0.0740. The van der Waals surface area contributed by atoms with Gasteiger partial charge in [0, 0.05) is 37.3 Å². The second-order valence-corrected chi connectivity index (χ2v) is 12.1. The summed E-state index contributed by atoms with van der Waals surface area (Å²) in [5.74, 6) is 0.151. The van der Waals surface area contributed by atoms with E-state index in [4.69, 9.17) is 54.7 Å². The quantitative estimate of drug-likeness (QED) is 0.146. The van der Waals surface area contributed by atoms with Crippen LogP contribution in [0.5, 0.6) is 17.2 Å². The summed E-state index contributed by atoms with van der Waals surface area (Å²) in [6, 6.07) is 25.6. The van der Waals surface area contributed by atoms with E-state index in [-0.39, 0.29) is 23.8 Å². The number of nitrogens with zero attached hydrogens (tertiary/aromatic N) is 1. The van der Waals surface area contributed by atoms with Crippen molar-refractivity contribution in [3.63, 3.8) is 0 Å². The van der Waals surface area contributed by atoms with Crippen LogP contribution >= 0.6 is 46.1 Å².